The van der Waals surface area contributed by atoms with Gasteiger partial charge in [-0.25, -0.2) is 4.79 Å². The number of aliphatic hydroxyl groups is 19. The van der Waals surface area contributed by atoms with Crippen LogP contribution < -0.4 is 5.73 Å². The summed E-state index contributed by atoms with van der Waals surface area (Å²) in [6.45, 7) is 0.105. The van der Waals surface area contributed by atoms with Crippen molar-refractivity contribution in [2.75, 3.05) is 46.2 Å². The zero-order valence-corrected chi connectivity index (χ0v) is 46.1. The van der Waals surface area contributed by atoms with Gasteiger partial charge in [0.1, 0.15) is 128 Å². The number of hydrogen-bond donors (Lipinski definition) is 21. The third-order valence-electron chi connectivity index (χ3n) is 17.0. The molecular formula is C49H85NO34. The van der Waals surface area contributed by atoms with E-state index in [-0.39, 0.29) is 0 Å². The van der Waals surface area contributed by atoms with E-state index in [0.717, 1.165) is 0 Å². The van der Waals surface area contributed by atoms with Crippen molar-refractivity contribution in [3.05, 3.63) is 0 Å². The number of hydrogen-bond acceptors (Lipinski definition) is 34. The van der Waals surface area contributed by atoms with Crippen molar-refractivity contribution in [2.24, 2.45) is 23.5 Å². The van der Waals surface area contributed by atoms with Gasteiger partial charge in [-0.15, -0.1) is 0 Å². The first-order valence-corrected chi connectivity index (χ1v) is 27.6. The van der Waals surface area contributed by atoms with Crippen molar-refractivity contribution in [1.29, 1.82) is 0 Å². The van der Waals surface area contributed by atoms with Crippen LogP contribution in [0.15, 0.2) is 0 Å². The van der Waals surface area contributed by atoms with Crippen LogP contribution in [0.3, 0.4) is 0 Å². The van der Waals surface area contributed by atoms with Gasteiger partial charge in [0.25, 0.3) is 5.79 Å². The molecule has 22 N–H and O–H groups in total. The summed E-state index contributed by atoms with van der Waals surface area (Å²) in [7, 11) is 0. The molecule has 7 saturated heterocycles. The van der Waals surface area contributed by atoms with Gasteiger partial charge in [-0.1, -0.05) is 20.8 Å². The fourth-order valence-electron chi connectivity index (χ4n) is 11.2. The maximum absolute atomic E-state index is 12.6. The lowest BCUT2D eigenvalue weighted by molar-refractivity contribution is -0.385. The van der Waals surface area contributed by atoms with Crippen molar-refractivity contribution in [1.82, 2.24) is 0 Å². The summed E-state index contributed by atoms with van der Waals surface area (Å²) >= 11 is 0. The molecule has 0 radical (unpaired) electrons. The first-order chi connectivity index (χ1) is 39.6. The highest BCUT2D eigenvalue weighted by molar-refractivity contribution is 5.76. The van der Waals surface area contributed by atoms with Crippen molar-refractivity contribution in [3.8, 4) is 0 Å². The Labute approximate surface area is 479 Å². The Kier molecular flexibility index (Phi) is 24.4. The summed E-state index contributed by atoms with van der Waals surface area (Å²) in [5, 5.41) is 214. The van der Waals surface area contributed by atoms with E-state index in [0.29, 0.717) is 0 Å². The molecular weight excluding hydrogens is 1150 g/mol. The Morgan fingerprint density at radius 3 is 1.36 bits per heavy atom. The van der Waals surface area contributed by atoms with Gasteiger partial charge in [0, 0.05) is 24.2 Å². The summed E-state index contributed by atoms with van der Waals surface area (Å²) < 4.78 is 75.8. The van der Waals surface area contributed by atoms with Gasteiger partial charge >= 0.3 is 5.97 Å². The minimum absolute atomic E-state index is 0.438. The lowest BCUT2D eigenvalue weighted by Crippen LogP contribution is -2.67. The van der Waals surface area contributed by atoms with E-state index in [2.05, 4.69) is 0 Å². The van der Waals surface area contributed by atoms with Crippen LogP contribution in [-0.4, -0.2) is 356 Å². The molecule has 35 heteroatoms. The molecule has 0 bridgehead atoms. The van der Waals surface area contributed by atoms with Gasteiger partial charge in [0.05, 0.1) is 82.8 Å². The number of aliphatic carboxylic acids is 1. The van der Waals surface area contributed by atoms with Gasteiger partial charge in [0.15, 0.2) is 31.5 Å². The number of carboxylic acids is 1. The maximum Gasteiger partial charge on any atom is 0.364 e. The van der Waals surface area contributed by atoms with Gasteiger partial charge in [-0.05, 0) is 6.92 Å². The predicted molar refractivity (Wildman–Crippen MR) is 264 cm³/mol. The van der Waals surface area contributed by atoms with E-state index >= 15 is 0 Å². The lowest BCUT2D eigenvalue weighted by Gasteiger charge is -2.49. The normalized spacial score (nSPS) is 51.3. The molecule has 0 aromatic heterocycles. The second-order valence-electron chi connectivity index (χ2n) is 22.6. The summed E-state index contributed by atoms with van der Waals surface area (Å²) in [4.78, 5) is 12.6. The first-order valence-electron chi connectivity index (χ1n) is 27.6. The Morgan fingerprint density at radius 1 is 0.488 bits per heavy atom. The van der Waals surface area contributed by atoms with Gasteiger partial charge in [-0.3, -0.25) is 0 Å². The Balaban J connectivity index is 1.00. The van der Waals surface area contributed by atoms with E-state index in [4.69, 9.17) is 67.3 Å². The molecule has 35 nitrogen and oxygen atoms in total. The fourth-order valence-corrected chi connectivity index (χ4v) is 11.2. The lowest BCUT2D eigenvalue weighted by atomic mass is 9.88. The smallest absolute Gasteiger partial charge is 0.364 e. The number of carboxylic acid groups (broad SMARTS) is 1. The van der Waals surface area contributed by atoms with Gasteiger partial charge in [0.2, 0.25) is 0 Å². The monoisotopic (exact) mass is 1230 g/mol. The molecule has 0 spiro atoms. The summed E-state index contributed by atoms with van der Waals surface area (Å²) in [5.41, 5.74) is 5.91. The molecule has 84 heavy (non-hydrogen) atoms. The highest BCUT2D eigenvalue weighted by atomic mass is 16.8. The van der Waals surface area contributed by atoms with Crippen LogP contribution in [0, 0.1) is 17.8 Å². The van der Waals surface area contributed by atoms with Crippen molar-refractivity contribution in [3.63, 3.8) is 0 Å². The fraction of sp³-hybridized carbons (Fsp3) is 0.980. The van der Waals surface area contributed by atoms with E-state index in [1.54, 1.807) is 13.8 Å². The molecule has 7 aliphatic heterocycles. The third-order valence-corrected chi connectivity index (χ3v) is 17.0. The Morgan fingerprint density at radius 2 is 0.893 bits per heavy atom. The zero-order chi connectivity index (χ0) is 62.1. The van der Waals surface area contributed by atoms with E-state index in [1.807, 2.05) is 0 Å². The predicted octanol–water partition coefficient (Wildman–Crippen LogP) is -12.2. The van der Waals surface area contributed by atoms with Crippen molar-refractivity contribution in [2.45, 2.75) is 236 Å². The Bertz CT molecular complexity index is 2040. The highest BCUT2D eigenvalue weighted by Gasteiger charge is 2.59. The zero-order valence-electron chi connectivity index (χ0n) is 46.1. The van der Waals surface area contributed by atoms with E-state index in [1.165, 1.54) is 13.8 Å². The molecule has 0 saturated carbocycles. The number of aliphatic hydroxyl groups excluding tert-OH is 19. The van der Waals surface area contributed by atoms with Crippen LogP contribution in [0.25, 0.3) is 0 Å². The second kappa shape index (κ2) is 29.4. The number of rotatable bonds is 22. The van der Waals surface area contributed by atoms with Gasteiger partial charge in [-0.2, -0.15) is 0 Å². The van der Waals surface area contributed by atoms with Crippen LogP contribution in [0.2, 0.25) is 0 Å². The van der Waals surface area contributed by atoms with Crippen LogP contribution in [0.1, 0.15) is 34.1 Å². The minimum Gasteiger partial charge on any atom is -0.477 e. The molecule has 36 atom stereocenters. The highest BCUT2D eigenvalue weighted by Crippen LogP contribution is 2.40. The quantitative estimate of drug-likeness (QED) is 0.0479. The maximum atomic E-state index is 12.6. The third kappa shape index (κ3) is 14.3. The number of ether oxygens (including phenoxy) is 13. The average molecular weight is 1230 g/mol. The topological polar surface area (TPSA) is 568 Å². The van der Waals surface area contributed by atoms with E-state index < -0.39 is 278 Å². The average Bonchev–Trinajstić information content (AvgIpc) is 3.01. The molecule has 7 fully saturated rings. The summed E-state index contributed by atoms with van der Waals surface area (Å²) in [6.07, 6.45) is -53.8. The van der Waals surface area contributed by atoms with Crippen molar-refractivity contribution < 1.29 is 169 Å². The standard InChI is InChI=1S/C49H85NO34/c1-13-16(4)74-20(8-53)38(26(13)58)80-43-14(2)27(59)39(21(9-54)76-43)81-45-36(68)33(65)31(63)23(78-45)11-72-47-42(35(67)30(62)19(7-52)75-47)83-44-15(3)28(60)40(22(10-55)77-44)82-46-37(69)34(66)32(64)24(79-46)12-73-49(48(70)71)5-17(56)25(50)41(84-49)29(61)18(57)6-51/h13-47,51-69H,5-12,50H2,1-4H3,(H,70,71)/t13-,14+,15?,16+,17-,18-,19?,20?,21?,22+,23?,24?,25-,26?,27?,28?,29-,30-,31-,32+,33?,34+,35?,36-,37?,38-,39-,40-,41?,42-,43+,44+,45+,46+,47+,49-/m1/s1. The Hall–Kier alpha value is -1.85. The number of nitrogens with two attached hydrogens (primary N) is 1. The molecule has 0 amide bonds. The molecule has 0 aliphatic carbocycles. The molecule has 7 heterocycles. The van der Waals surface area contributed by atoms with Crippen LogP contribution in [0.5, 0.6) is 0 Å². The minimum atomic E-state index is -2.87. The number of carbonyl (C=O) groups is 1. The molecule has 7 rings (SSSR count). The van der Waals surface area contributed by atoms with Crippen LogP contribution >= 0.6 is 0 Å². The molecule has 13 unspecified atom stereocenters. The summed E-state index contributed by atoms with van der Waals surface area (Å²) in [5.74, 6) is -7.48. The van der Waals surface area contributed by atoms with Gasteiger partial charge < -0.3 is 169 Å². The van der Waals surface area contributed by atoms with Crippen molar-refractivity contribution >= 4 is 5.97 Å². The van der Waals surface area contributed by atoms with E-state index in [9.17, 15) is 107 Å². The molecule has 7 aliphatic rings. The molecule has 0 aromatic rings. The van der Waals surface area contributed by atoms with Crippen LogP contribution in [-0.2, 0) is 66.4 Å². The largest absolute Gasteiger partial charge is 0.477 e. The SMILES string of the molecule is CC1C(O)[C@H](O[C@@H]2OC(CO[C@]3(C(=O)O)C[C@@H](O)[C@@H](N)C([C@H](O)[C@H](O)CO)O3)[C@H](O)[C@H](O)C2O)[C@H](CO)O[C@H]1O[C@@H]1C(O)[C@H](O)C(CO)O[C@@H]1OCC1O[C@@H](O[C@@H]2C(CO)O[C@@H](O[C@@H]3C(CO)O[C@@H](C)[C@@H](C)C3O)[C@@H](C)C2O)[C@H](O)C(O)[C@@H]1O. The molecule has 490 valence electrons. The van der Waals surface area contributed by atoms with Crippen LogP contribution in [0.4, 0.5) is 0 Å². The summed E-state index contributed by atoms with van der Waals surface area (Å²) in [6, 6.07) is -1.51. The second-order valence-corrected chi connectivity index (χ2v) is 22.6. The molecule has 0 aromatic carbocycles. The first kappa shape index (κ1) is 69.6.